The van der Waals surface area contributed by atoms with Gasteiger partial charge in [-0.2, -0.15) is 5.10 Å². The smallest absolute Gasteiger partial charge is 0.382 e. The third kappa shape index (κ3) is 2.16. The molecule has 14 heavy (non-hydrogen) atoms. The summed E-state index contributed by atoms with van der Waals surface area (Å²) in [5.74, 6) is -4.39. The van der Waals surface area contributed by atoms with Gasteiger partial charge in [-0.05, 0) is 0 Å². The van der Waals surface area contributed by atoms with Gasteiger partial charge < -0.3 is 10.4 Å². The second-order valence-electron chi connectivity index (χ2n) is 2.46. The lowest BCUT2D eigenvalue weighted by Gasteiger charge is -1.96. The molecule has 1 amide bonds. The van der Waals surface area contributed by atoms with Crippen molar-refractivity contribution in [2.75, 3.05) is 5.32 Å². The number of aromatic nitrogens is 2. The van der Waals surface area contributed by atoms with E-state index in [0.29, 0.717) is 0 Å². The van der Waals surface area contributed by atoms with Crippen molar-refractivity contribution >= 4 is 23.5 Å². The van der Waals surface area contributed by atoms with Crippen LogP contribution in [0, 0.1) is 0 Å². The van der Waals surface area contributed by atoms with E-state index in [1.54, 1.807) is 13.2 Å². The van der Waals surface area contributed by atoms with E-state index in [0.717, 1.165) is 0 Å². The molecule has 0 aliphatic rings. The Morgan fingerprint density at radius 2 is 2.14 bits per heavy atom. The van der Waals surface area contributed by atoms with Crippen LogP contribution in [0.3, 0.4) is 0 Å². The van der Waals surface area contributed by atoms with Gasteiger partial charge in [0.25, 0.3) is 0 Å². The topological polar surface area (TPSA) is 101 Å². The van der Waals surface area contributed by atoms with Crippen molar-refractivity contribution in [1.82, 2.24) is 9.78 Å². The first kappa shape index (κ1) is 9.90. The number of hydrogen-bond donors (Lipinski definition) is 2. The number of aliphatic carboxylic acids is 1. The zero-order chi connectivity index (χ0) is 10.7. The Balaban J connectivity index is 2.66. The molecule has 0 saturated heterocycles. The van der Waals surface area contributed by atoms with Crippen molar-refractivity contribution in [1.29, 1.82) is 0 Å². The fraction of sp³-hybridized carbons (Fsp3) is 0.143. The molecular weight excluding hydrogens is 190 g/mol. The zero-order valence-electron chi connectivity index (χ0n) is 7.22. The monoisotopic (exact) mass is 197 g/mol. The molecule has 1 aromatic rings. The molecule has 0 aromatic carbocycles. The van der Waals surface area contributed by atoms with Gasteiger partial charge in [0.05, 0.1) is 0 Å². The highest BCUT2D eigenvalue weighted by Crippen LogP contribution is 2.00. The maximum absolute atomic E-state index is 10.9. The molecule has 0 bridgehead atoms. The van der Waals surface area contributed by atoms with Crippen molar-refractivity contribution < 1.29 is 19.5 Å². The maximum atomic E-state index is 10.9. The minimum atomic E-state index is -1.79. The third-order valence-electron chi connectivity index (χ3n) is 1.36. The summed E-state index contributed by atoms with van der Waals surface area (Å²) >= 11 is 0. The predicted octanol–water partition coefficient (Wildman–Crippen LogP) is -0.988. The largest absolute Gasteiger partial charge is 0.475 e. The van der Waals surface area contributed by atoms with Crippen LogP contribution in [0.2, 0.25) is 0 Å². The fourth-order valence-corrected chi connectivity index (χ4v) is 0.752. The average molecular weight is 197 g/mol. The van der Waals surface area contributed by atoms with E-state index in [4.69, 9.17) is 5.11 Å². The number of carbonyl (C=O) groups excluding carboxylic acids is 2. The van der Waals surface area contributed by atoms with Gasteiger partial charge in [0.1, 0.15) is 0 Å². The Hall–Kier alpha value is -2.18. The molecule has 74 valence electrons. The summed E-state index contributed by atoms with van der Waals surface area (Å²) in [5.41, 5.74) is 0. The van der Waals surface area contributed by atoms with Gasteiger partial charge in [0.15, 0.2) is 5.82 Å². The minimum absolute atomic E-state index is 0.132. The van der Waals surface area contributed by atoms with Gasteiger partial charge in [-0.3, -0.25) is 14.3 Å². The Kier molecular flexibility index (Phi) is 2.61. The van der Waals surface area contributed by atoms with Crippen molar-refractivity contribution in [3.8, 4) is 0 Å². The van der Waals surface area contributed by atoms with Crippen molar-refractivity contribution in [3.05, 3.63) is 12.3 Å². The fourth-order valence-electron chi connectivity index (χ4n) is 0.752. The van der Waals surface area contributed by atoms with Gasteiger partial charge in [0.2, 0.25) is 0 Å². The quantitative estimate of drug-likeness (QED) is 0.478. The second-order valence-corrected chi connectivity index (χ2v) is 2.46. The third-order valence-corrected chi connectivity index (χ3v) is 1.36. The molecule has 0 aliphatic heterocycles. The number of carboxylic acids is 1. The van der Waals surface area contributed by atoms with E-state index in [9.17, 15) is 14.4 Å². The van der Waals surface area contributed by atoms with E-state index in [1.165, 1.54) is 10.7 Å². The molecule has 1 rings (SSSR count). The number of hydrogen-bond acceptors (Lipinski definition) is 4. The summed E-state index contributed by atoms with van der Waals surface area (Å²) in [7, 11) is 1.62. The Bertz CT molecular complexity index is 395. The molecule has 7 heteroatoms. The second kappa shape index (κ2) is 3.69. The van der Waals surface area contributed by atoms with E-state index < -0.39 is 17.7 Å². The highest BCUT2D eigenvalue weighted by Gasteiger charge is 2.22. The van der Waals surface area contributed by atoms with E-state index in [2.05, 4.69) is 5.10 Å². The molecule has 7 nitrogen and oxygen atoms in total. The molecule has 0 radical (unpaired) electrons. The lowest BCUT2D eigenvalue weighted by molar-refractivity contribution is -0.152. The Labute approximate surface area is 78.3 Å². The number of carbonyl (C=O) groups is 3. The normalized spacial score (nSPS) is 9.50. The van der Waals surface area contributed by atoms with Crippen LogP contribution in [-0.2, 0) is 21.4 Å². The first-order chi connectivity index (χ1) is 6.50. The van der Waals surface area contributed by atoms with Gasteiger partial charge in [-0.25, -0.2) is 4.79 Å². The Morgan fingerprint density at radius 1 is 1.50 bits per heavy atom. The molecule has 0 fully saturated rings. The van der Waals surface area contributed by atoms with E-state index >= 15 is 0 Å². The number of anilines is 1. The molecule has 2 N–H and O–H groups in total. The molecule has 1 heterocycles. The van der Waals surface area contributed by atoms with Crippen LogP contribution in [0.25, 0.3) is 0 Å². The molecule has 0 atom stereocenters. The van der Waals surface area contributed by atoms with Crippen LogP contribution in [0.15, 0.2) is 12.3 Å². The lowest BCUT2D eigenvalue weighted by atomic mass is 10.4. The van der Waals surface area contributed by atoms with Crippen molar-refractivity contribution in [2.24, 2.45) is 7.05 Å². The number of carboxylic acid groups (broad SMARTS) is 1. The standard InChI is InChI=1S/C7H7N3O4/c1-10-3-2-4(9-10)8-6(12)5(11)7(13)14/h2-3H,1H3,(H,13,14)(H,8,9,12). The highest BCUT2D eigenvalue weighted by molar-refractivity contribution is 6.63. The van der Waals surface area contributed by atoms with Gasteiger partial charge in [-0.1, -0.05) is 0 Å². The molecule has 0 spiro atoms. The average Bonchev–Trinajstić information content (AvgIpc) is 2.49. The van der Waals surface area contributed by atoms with Crippen LogP contribution in [-0.4, -0.2) is 32.5 Å². The highest BCUT2D eigenvalue weighted by atomic mass is 16.4. The summed E-state index contributed by atoms with van der Waals surface area (Å²) in [6.45, 7) is 0. The number of nitrogens with one attached hydrogen (secondary N) is 1. The molecule has 1 aromatic heterocycles. The van der Waals surface area contributed by atoms with Crippen LogP contribution >= 0.6 is 0 Å². The summed E-state index contributed by atoms with van der Waals surface area (Å²) in [4.78, 5) is 31.6. The van der Waals surface area contributed by atoms with Gasteiger partial charge in [0, 0.05) is 19.3 Å². The number of ketones is 1. The number of amides is 1. The van der Waals surface area contributed by atoms with Gasteiger partial charge >= 0.3 is 17.7 Å². The summed E-state index contributed by atoms with van der Waals surface area (Å²) in [6, 6.07) is 1.44. The lowest BCUT2D eigenvalue weighted by Crippen LogP contribution is -2.29. The SMILES string of the molecule is Cn1ccc(NC(=O)C(=O)C(=O)O)n1. The van der Waals surface area contributed by atoms with Crippen molar-refractivity contribution in [3.63, 3.8) is 0 Å². The van der Waals surface area contributed by atoms with Crippen LogP contribution in [0.5, 0.6) is 0 Å². The molecule has 0 unspecified atom stereocenters. The number of nitrogens with zero attached hydrogens (tertiary/aromatic N) is 2. The first-order valence-corrected chi connectivity index (χ1v) is 3.59. The summed E-state index contributed by atoms with van der Waals surface area (Å²) < 4.78 is 1.40. The molecule has 0 aliphatic carbocycles. The van der Waals surface area contributed by atoms with Crippen LogP contribution in [0.1, 0.15) is 0 Å². The first-order valence-electron chi connectivity index (χ1n) is 3.59. The minimum Gasteiger partial charge on any atom is -0.475 e. The number of rotatable bonds is 3. The predicted molar refractivity (Wildman–Crippen MR) is 44.5 cm³/mol. The van der Waals surface area contributed by atoms with Crippen LogP contribution in [0.4, 0.5) is 5.82 Å². The van der Waals surface area contributed by atoms with Crippen LogP contribution < -0.4 is 5.32 Å². The Morgan fingerprint density at radius 3 is 2.57 bits per heavy atom. The van der Waals surface area contributed by atoms with Crippen molar-refractivity contribution in [2.45, 2.75) is 0 Å². The summed E-state index contributed by atoms with van der Waals surface area (Å²) in [6.07, 6.45) is 1.54. The van der Waals surface area contributed by atoms with E-state index in [1.807, 2.05) is 5.32 Å². The maximum Gasteiger partial charge on any atom is 0.382 e. The molecule has 0 saturated carbocycles. The number of Topliss-reactive ketones (excluding diaryl/α,β-unsaturated/α-hetero) is 1. The van der Waals surface area contributed by atoms with E-state index in [-0.39, 0.29) is 5.82 Å². The zero-order valence-corrected chi connectivity index (χ0v) is 7.22. The van der Waals surface area contributed by atoms with Gasteiger partial charge in [-0.15, -0.1) is 0 Å². The summed E-state index contributed by atoms with van der Waals surface area (Å²) in [5, 5.41) is 14.0. The number of aryl methyl sites for hydroxylation is 1. The molecular formula is C7H7N3O4.